The summed E-state index contributed by atoms with van der Waals surface area (Å²) in [6.07, 6.45) is 1.36. The van der Waals surface area contributed by atoms with Crippen LogP contribution in [0.3, 0.4) is 0 Å². The zero-order chi connectivity index (χ0) is 20.3. The average Bonchev–Trinajstić information content (AvgIpc) is 3.03. The first-order valence-corrected chi connectivity index (χ1v) is 7.77. The quantitative estimate of drug-likeness (QED) is 0.324. The van der Waals surface area contributed by atoms with E-state index in [2.05, 4.69) is 9.73 Å². The molecular formula is C18H12F2N2O6. The maximum Gasteiger partial charge on any atom is 0.387 e. The third-order valence-corrected chi connectivity index (χ3v) is 3.63. The van der Waals surface area contributed by atoms with Crippen molar-refractivity contribution in [1.29, 1.82) is 0 Å². The lowest BCUT2D eigenvalue weighted by Crippen LogP contribution is -2.05. The van der Waals surface area contributed by atoms with Gasteiger partial charge in [0.25, 0.3) is 5.69 Å². The lowest BCUT2D eigenvalue weighted by atomic mass is 10.1. The van der Waals surface area contributed by atoms with Crippen LogP contribution >= 0.6 is 0 Å². The number of alkyl halides is 2. The van der Waals surface area contributed by atoms with Crippen LogP contribution in [0.5, 0.6) is 11.5 Å². The predicted molar refractivity (Wildman–Crippen MR) is 93.3 cm³/mol. The number of aliphatic imine (C=N–C) groups is 1. The molecule has 0 fully saturated rings. The first-order chi connectivity index (χ1) is 13.4. The largest absolute Gasteiger partial charge is 0.493 e. The number of carbonyl (C=O) groups is 1. The summed E-state index contributed by atoms with van der Waals surface area (Å²) in [7, 11) is 1.28. The molecule has 0 saturated carbocycles. The van der Waals surface area contributed by atoms with Crippen LogP contribution in [0.1, 0.15) is 11.1 Å². The number of hydrogen-bond donors (Lipinski definition) is 0. The number of benzene rings is 2. The van der Waals surface area contributed by atoms with Gasteiger partial charge in [0, 0.05) is 17.7 Å². The van der Waals surface area contributed by atoms with E-state index in [9.17, 15) is 23.7 Å². The molecule has 1 heterocycles. The molecule has 0 radical (unpaired) electrons. The Kier molecular flexibility index (Phi) is 5.30. The van der Waals surface area contributed by atoms with Gasteiger partial charge in [-0.1, -0.05) is 12.1 Å². The van der Waals surface area contributed by atoms with Gasteiger partial charge in [0.1, 0.15) is 0 Å². The number of ether oxygens (including phenoxy) is 3. The van der Waals surface area contributed by atoms with Gasteiger partial charge in [0.2, 0.25) is 5.90 Å². The minimum absolute atomic E-state index is 0.0453. The van der Waals surface area contributed by atoms with Crippen molar-refractivity contribution < 1.29 is 32.7 Å². The molecular weight excluding hydrogens is 378 g/mol. The Hall–Kier alpha value is -3.82. The van der Waals surface area contributed by atoms with Crippen molar-refractivity contribution in [1.82, 2.24) is 0 Å². The predicted octanol–water partition coefficient (Wildman–Crippen LogP) is 3.55. The lowest BCUT2D eigenvalue weighted by Gasteiger charge is -2.10. The Balaban J connectivity index is 1.91. The van der Waals surface area contributed by atoms with E-state index in [0.717, 1.165) is 0 Å². The number of hydrogen-bond acceptors (Lipinski definition) is 7. The summed E-state index contributed by atoms with van der Waals surface area (Å²) in [5, 5.41) is 10.9. The first kappa shape index (κ1) is 19.0. The molecule has 10 heteroatoms. The highest BCUT2D eigenvalue weighted by Crippen LogP contribution is 2.31. The fourth-order valence-electron chi connectivity index (χ4n) is 2.41. The molecule has 2 aromatic carbocycles. The monoisotopic (exact) mass is 390 g/mol. The minimum Gasteiger partial charge on any atom is -0.493 e. The summed E-state index contributed by atoms with van der Waals surface area (Å²) in [5.74, 6) is -0.948. The molecule has 0 bridgehead atoms. The number of carbonyl (C=O) groups excluding carboxylic acids is 1. The third-order valence-electron chi connectivity index (χ3n) is 3.63. The van der Waals surface area contributed by atoms with Crippen LogP contribution in [0.4, 0.5) is 14.5 Å². The van der Waals surface area contributed by atoms with Crippen LogP contribution in [-0.4, -0.2) is 30.5 Å². The number of nitro groups is 1. The molecule has 1 aliphatic heterocycles. The van der Waals surface area contributed by atoms with Crippen molar-refractivity contribution in [3.63, 3.8) is 0 Å². The van der Waals surface area contributed by atoms with E-state index in [0.29, 0.717) is 5.56 Å². The number of cyclic esters (lactones) is 1. The minimum atomic E-state index is -3.01. The summed E-state index contributed by atoms with van der Waals surface area (Å²) >= 11 is 0. The molecule has 0 N–H and O–H groups in total. The number of esters is 1. The van der Waals surface area contributed by atoms with Crippen LogP contribution in [0.15, 0.2) is 53.2 Å². The van der Waals surface area contributed by atoms with Crippen molar-refractivity contribution in [2.45, 2.75) is 6.61 Å². The van der Waals surface area contributed by atoms with Gasteiger partial charge >= 0.3 is 12.6 Å². The van der Waals surface area contributed by atoms with Crippen LogP contribution in [0, 0.1) is 10.1 Å². The second-order valence-electron chi connectivity index (χ2n) is 5.43. The Bertz CT molecular complexity index is 1000. The molecule has 8 nitrogen and oxygen atoms in total. The van der Waals surface area contributed by atoms with Crippen LogP contribution in [-0.2, 0) is 9.53 Å². The average molecular weight is 390 g/mol. The molecule has 0 aliphatic carbocycles. The second-order valence-corrected chi connectivity index (χ2v) is 5.43. The number of nitrogens with zero attached hydrogens (tertiary/aromatic N) is 2. The lowest BCUT2D eigenvalue weighted by molar-refractivity contribution is -0.384. The zero-order valence-corrected chi connectivity index (χ0v) is 14.3. The fraction of sp³-hybridized carbons (Fsp3) is 0.111. The van der Waals surface area contributed by atoms with Gasteiger partial charge in [-0.15, -0.1) is 0 Å². The van der Waals surface area contributed by atoms with Crippen LogP contribution < -0.4 is 9.47 Å². The van der Waals surface area contributed by atoms with Gasteiger partial charge in [-0.25, -0.2) is 9.79 Å². The highest BCUT2D eigenvalue weighted by molar-refractivity contribution is 6.13. The number of nitro benzene ring substituents is 1. The van der Waals surface area contributed by atoms with E-state index in [-0.39, 0.29) is 34.3 Å². The summed E-state index contributed by atoms with van der Waals surface area (Å²) in [5.41, 5.74) is 0.456. The molecule has 0 atom stereocenters. The Morgan fingerprint density at radius 3 is 2.68 bits per heavy atom. The maximum absolute atomic E-state index is 12.4. The molecule has 3 rings (SSSR count). The molecule has 2 aromatic rings. The van der Waals surface area contributed by atoms with E-state index in [1.54, 1.807) is 0 Å². The van der Waals surface area contributed by atoms with Crippen molar-refractivity contribution >= 4 is 23.6 Å². The van der Waals surface area contributed by atoms with Crippen molar-refractivity contribution in [2.24, 2.45) is 4.99 Å². The van der Waals surface area contributed by atoms with E-state index in [4.69, 9.17) is 9.47 Å². The summed E-state index contributed by atoms with van der Waals surface area (Å²) in [6, 6.07) is 9.57. The highest BCUT2D eigenvalue weighted by atomic mass is 19.3. The number of non-ortho nitro benzene ring substituents is 1. The Labute approximate surface area is 156 Å². The maximum atomic E-state index is 12.4. The summed E-state index contributed by atoms with van der Waals surface area (Å²) < 4.78 is 39.2. The van der Waals surface area contributed by atoms with Crippen LogP contribution in [0.25, 0.3) is 6.08 Å². The second kappa shape index (κ2) is 7.82. The topological polar surface area (TPSA) is 100 Å². The molecule has 144 valence electrons. The standard InChI is InChI=1S/C18H12F2N2O6/c1-26-15-8-10(5-6-14(15)27-18(19)20)7-13-17(23)28-16(21-13)11-3-2-4-12(9-11)22(24)25/h2-9,18H,1H3/b13-7+. The smallest absolute Gasteiger partial charge is 0.387 e. The van der Waals surface area contributed by atoms with E-state index in [1.807, 2.05) is 0 Å². The van der Waals surface area contributed by atoms with E-state index >= 15 is 0 Å². The number of methoxy groups -OCH3 is 1. The molecule has 1 aliphatic rings. The zero-order valence-electron chi connectivity index (χ0n) is 14.3. The molecule has 0 aromatic heterocycles. The van der Waals surface area contributed by atoms with Gasteiger partial charge in [-0.05, 0) is 29.8 Å². The van der Waals surface area contributed by atoms with E-state index < -0.39 is 17.5 Å². The normalized spacial score (nSPS) is 14.8. The van der Waals surface area contributed by atoms with Crippen molar-refractivity contribution in [2.75, 3.05) is 7.11 Å². The third kappa shape index (κ3) is 4.11. The Morgan fingerprint density at radius 1 is 1.21 bits per heavy atom. The Morgan fingerprint density at radius 2 is 2.00 bits per heavy atom. The number of rotatable bonds is 6. The van der Waals surface area contributed by atoms with Gasteiger partial charge in [-0.3, -0.25) is 10.1 Å². The van der Waals surface area contributed by atoms with Crippen molar-refractivity contribution in [3.8, 4) is 11.5 Å². The summed E-state index contributed by atoms with van der Waals surface area (Å²) in [6.45, 7) is -3.01. The molecule has 28 heavy (non-hydrogen) atoms. The van der Waals surface area contributed by atoms with Gasteiger partial charge in [-0.2, -0.15) is 8.78 Å². The molecule has 0 unspecified atom stereocenters. The highest BCUT2D eigenvalue weighted by Gasteiger charge is 2.25. The van der Waals surface area contributed by atoms with Gasteiger partial charge in [0.05, 0.1) is 12.0 Å². The van der Waals surface area contributed by atoms with Gasteiger partial charge < -0.3 is 14.2 Å². The molecule has 0 saturated heterocycles. The molecule has 0 spiro atoms. The SMILES string of the molecule is COc1cc(/C=C2/N=C(c3cccc([N+](=O)[O-])c3)OC2=O)ccc1OC(F)F. The molecule has 0 amide bonds. The van der Waals surface area contributed by atoms with Crippen LogP contribution in [0.2, 0.25) is 0 Å². The van der Waals surface area contributed by atoms with Crippen molar-refractivity contribution in [3.05, 3.63) is 69.4 Å². The number of halogens is 2. The van der Waals surface area contributed by atoms with Gasteiger partial charge in [0.15, 0.2) is 17.2 Å². The first-order valence-electron chi connectivity index (χ1n) is 7.77. The van der Waals surface area contributed by atoms with E-state index in [1.165, 1.54) is 55.7 Å². The summed E-state index contributed by atoms with van der Waals surface area (Å²) in [4.78, 5) is 26.4. The fourth-order valence-corrected chi connectivity index (χ4v) is 2.41.